The number of carbonyl (C=O) groups is 1. The fraction of sp³-hybridized carbons (Fsp3) is 0.526. The summed E-state index contributed by atoms with van der Waals surface area (Å²) in [4.78, 5) is 13.7. The largest absolute Gasteiger partial charge is 0.391 e. The van der Waals surface area contributed by atoms with Crippen molar-refractivity contribution >= 4 is 12.0 Å². The Labute approximate surface area is 139 Å². The van der Waals surface area contributed by atoms with Gasteiger partial charge in [-0.1, -0.05) is 29.8 Å². The minimum atomic E-state index is -0.413. The van der Waals surface area contributed by atoms with E-state index in [4.69, 9.17) is 0 Å². The summed E-state index contributed by atoms with van der Waals surface area (Å²) in [7, 11) is 1.64. The normalized spacial score (nSPS) is 22.0. The van der Waals surface area contributed by atoms with Crippen LogP contribution < -0.4 is 5.32 Å². The molecule has 0 unspecified atom stereocenters. The molecule has 126 valence electrons. The van der Waals surface area contributed by atoms with Crippen LogP contribution in [0.15, 0.2) is 18.2 Å². The van der Waals surface area contributed by atoms with Gasteiger partial charge in [0.2, 0.25) is 5.91 Å². The van der Waals surface area contributed by atoms with Crippen LogP contribution in [0.3, 0.4) is 0 Å². The molecule has 0 saturated carbocycles. The first kappa shape index (κ1) is 17.7. The molecule has 0 aliphatic carbocycles. The van der Waals surface area contributed by atoms with E-state index in [2.05, 4.69) is 55.3 Å². The molecule has 0 aromatic heterocycles. The number of hydrogen-bond acceptors (Lipinski definition) is 3. The van der Waals surface area contributed by atoms with Crippen LogP contribution in [0.2, 0.25) is 0 Å². The number of hydrogen-bond donors (Lipinski definition) is 2. The second-order valence-electron chi connectivity index (χ2n) is 6.64. The third kappa shape index (κ3) is 4.66. The molecule has 1 aliphatic rings. The summed E-state index contributed by atoms with van der Waals surface area (Å²) in [6.07, 6.45) is 4.31. The van der Waals surface area contributed by atoms with Crippen molar-refractivity contribution in [3.8, 4) is 0 Å². The van der Waals surface area contributed by atoms with Crippen molar-refractivity contribution < 1.29 is 9.90 Å². The van der Waals surface area contributed by atoms with Gasteiger partial charge >= 0.3 is 0 Å². The molecule has 2 atom stereocenters. The highest BCUT2D eigenvalue weighted by Gasteiger charge is 2.31. The van der Waals surface area contributed by atoms with Crippen molar-refractivity contribution in [2.45, 2.75) is 33.3 Å². The highest BCUT2D eigenvalue weighted by atomic mass is 16.3. The monoisotopic (exact) mass is 316 g/mol. The number of likely N-dealkylation sites (tertiary alicyclic amines) is 1. The Morgan fingerprint density at radius 3 is 2.57 bits per heavy atom. The minimum Gasteiger partial charge on any atom is -0.391 e. The van der Waals surface area contributed by atoms with Crippen molar-refractivity contribution in [3.63, 3.8) is 0 Å². The number of carbonyl (C=O) groups excluding carboxylic acids is 1. The Kier molecular flexibility index (Phi) is 5.97. The van der Waals surface area contributed by atoms with Gasteiger partial charge in [0, 0.05) is 39.0 Å². The van der Waals surface area contributed by atoms with Gasteiger partial charge in [-0.3, -0.25) is 9.69 Å². The van der Waals surface area contributed by atoms with Crippen LogP contribution in [-0.2, 0) is 4.79 Å². The number of nitrogens with one attached hydrogen (secondary N) is 1. The third-order valence-electron chi connectivity index (χ3n) is 4.59. The molecule has 1 fully saturated rings. The second kappa shape index (κ2) is 7.75. The van der Waals surface area contributed by atoms with Crippen molar-refractivity contribution in [2.75, 3.05) is 26.7 Å². The molecule has 1 amide bonds. The van der Waals surface area contributed by atoms with Crippen LogP contribution in [0.1, 0.15) is 28.7 Å². The van der Waals surface area contributed by atoms with Crippen molar-refractivity contribution in [3.05, 3.63) is 40.5 Å². The van der Waals surface area contributed by atoms with Gasteiger partial charge in [-0.05, 0) is 37.5 Å². The third-order valence-corrected chi connectivity index (χ3v) is 4.59. The quantitative estimate of drug-likeness (QED) is 0.874. The fourth-order valence-corrected chi connectivity index (χ4v) is 3.41. The van der Waals surface area contributed by atoms with Crippen molar-refractivity contribution in [2.24, 2.45) is 5.92 Å². The first-order valence-corrected chi connectivity index (χ1v) is 8.26. The molecule has 1 aromatic carbocycles. The summed E-state index contributed by atoms with van der Waals surface area (Å²) in [5, 5.41) is 12.7. The molecule has 1 aromatic rings. The molecule has 4 nitrogen and oxygen atoms in total. The number of β-amino-alcohol motifs (C(OH)–C–C–N with tert-alkyl or cyclic N) is 1. The van der Waals surface area contributed by atoms with Crippen LogP contribution in [0, 0.1) is 26.7 Å². The summed E-state index contributed by atoms with van der Waals surface area (Å²) >= 11 is 0. The van der Waals surface area contributed by atoms with Crippen LogP contribution in [-0.4, -0.2) is 48.7 Å². The van der Waals surface area contributed by atoms with E-state index in [-0.39, 0.29) is 11.8 Å². The number of nitrogens with zero attached hydrogens (tertiary/aromatic N) is 1. The van der Waals surface area contributed by atoms with Gasteiger partial charge in [0.15, 0.2) is 0 Å². The molecule has 1 aliphatic heterocycles. The lowest BCUT2D eigenvalue weighted by molar-refractivity contribution is -0.122. The average Bonchev–Trinajstić information content (AvgIpc) is 2.81. The van der Waals surface area contributed by atoms with Crippen LogP contribution in [0.4, 0.5) is 0 Å². The second-order valence-corrected chi connectivity index (χ2v) is 6.64. The van der Waals surface area contributed by atoms with Gasteiger partial charge in [-0.2, -0.15) is 0 Å². The van der Waals surface area contributed by atoms with E-state index < -0.39 is 6.10 Å². The lowest BCUT2D eigenvalue weighted by Crippen LogP contribution is -2.27. The standard InChI is InChI=1S/C19H28N2O2/c1-13-8-14(2)17(15(3)9-13)6-5-7-21-11-16(18(22)12-21)10-19(23)20-4/h5-6,8-9,16,18,22H,7,10-12H2,1-4H3,(H,20,23)/t16-,18-/m1/s1. The highest BCUT2D eigenvalue weighted by molar-refractivity contribution is 5.75. The zero-order valence-electron chi connectivity index (χ0n) is 14.6. The molecule has 23 heavy (non-hydrogen) atoms. The summed E-state index contributed by atoms with van der Waals surface area (Å²) in [6.45, 7) is 8.60. The van der Waals surface area contributed by atoms with Crippen LogP contribution >= 0.6 is 0 Å². The van der Waals surface area contributed by atoms with E-state index in [9.17, 15) is 9.90 Å². The zero-order chi connectivity index (χ0) is 17.0. The number of aliphatic hydroxyl groups excluding tert-OH is 1. The number of amides is 1. The SMILES string of the molecule is CNC(=O)C[C@@H]1CN(CC=Cc2c(C)cc(C)cc2C)C[C@H]1O. The maximum absolute atomic E-state index is 11.5. The van der Waals surface area contributed by atoms with Gasteiger partial charge in [0.25, 0.3) is 0 Å². The molecule has 0 bridgehead atoms. The summed E-state index contributed by atoms with van der Waals surface area (Å²) in [5.74, 6) is 0.0311. The van der Waals surface area contributed by atoms with Crippen molar-refractivity contribution in [1.29, 1.82) is 0 Å². The molecular weight excluding hydrogens is 288 g/mol. The molecule has 2 N–H and O–H groups in total. The summed E-state index contributed by atoms with van der Waals surface area (Å²) < 4.78 is 0. The smallest absolute Gasteiger partial charge is 0.220 e. The average molecular weight is 316 g/mol. The highest BCUT2D eigenvalue weighted by Crippen LogP contribution is 2.21. The zero-order valence-corrected chi connectivity index (χ0v) is 14.6. The molecule has 0 spiro atoms. The van der Waals surface area contributed by atoms with Gasteiger partial charge in [0.05, 0.1) is 6.10 Å². The maximum Gasteiger partial charge on any atom is 0.220 e. The number of rotatable bonds is 5. The number of aliphatic hydroxyl groups is 1. The molecule has 0 radical (unpaired) electrons. The molecule has 1 saturated heterocycles. The van der Waals surface area contributed by atoms with Gasteiger partial charge in [-0.15, -0.1) is 0 Å². The van der Waals surface area contributed by atoms with E-state index >= 15 is 0 Å². The van der Waals surface area contributed by atoms with E-state index in [1.54, 1.807) is 7.05 Å². The Hall–Kier alpha value is -1.65. The first-order valence-electron chi connectivity index (χ1n) is 8.26. The van der Waals surface area contributed by atoms with Gasteiger partial charge in [-0.25, -0.2) is 0 Å². The van der Waals surface area contributed by atoms with E-state index in [1.807, 2.05) is 0 Å². The Morgan fingerprint density at radius 1 is 1.30 bits per heavy atom. The van der Waals surface area contributed by atoms with E-state index in [0.717, 1.165) is 13.1 Å². The molecule has 1 heterocycles. The molecular formula is C19H28N2O2. The maximum atomic E-state index is 11.5. The Morgan fingerprint density at radius 2 is 1.96 bits per heavy atom. The van der Waals surface area contributed by atoms with Gasteiger partial charge < -0.3 is 10.4 Å². The van der Waals surface area contributed by atoms with E-state index in [1.165, 1.54) is 22.3 Å². The number of benzene rings is 1. The van der Waals surface area contributed by atoms with Crippen molar-refractivity contribution in [1.82, 2.24) is 10.2 Å². The van der Waals surface area contributed by atoms with Crippen LogP contribution in [0.5, 0.6) is 0 Å². The van der Waals surface area contributed by atoms with E-state index in [0.29, 0.717) is 13.0 Å². The fourth-order valence-electron chi connectivity index (χ4n) is 3.41. The first-order chi connectivity index (χ1) is 10.9. The lowest BCUT2D eigenvalue weighted by Gasteiger charge is -2.13. The number of aryl methyl sites for hydroxylation is 3. The minimum absolute atomic E-state index is 0.00246. The molecule has 4 heteroatoms. The predicted molar refractivity (Wildman–Crippen MR) is 94.3 cm³/mol. The summed E-state index contributed by atoms with van der Waals surface area (Å²) in [6, 6.07) is 4.40. The Balaban J connectivity index is 1.93. The van der Waals surface area contributed by atoms with Gasteiger partial charge in [0.1, 0.15) is 0 Å². The Bertz CT molecular complexity index is 572. The topological polar surface area (TPSA) is 52.6 Å². The van der Waals surface area contributed by atoms with Crippen LogP contribution in [0.25, 0.3) is 6.08 Å². The molecule has 2 rings (SSSR count). The predicted octanol–water partition coefficient (Wildman–Crippen LogP) is 2.05. The summed E-state index contributed by atoms with van der Waals surface area (Å²) in [5.41, 5.74) is 5.14. The lowest BCUT2D eigenvalue weighted by atomic mass is 9.99.